The van der Waals surface area contributed by atoms with Gasteiger partial charge in [-0.05, 0) is 157 Å². The molecule has 1 heterocycles. The van der Waals surface area contributed by atoms with Crippen LogP contribution in [0.25, 0.3) is 44.2 Å². The van der Waals surface area contributed by atoms with Crippen LogP contribution in [0, 0.1) is 0 Å². The van der Waals surface area contributed by atoms with E-state index in [-0.39, 0.29) is 21.7 Å². The van der Waals surface area contributed by atoms with Gasteiger partial charge in [-0.25, -0.2) is 0 Å². The number of fused-ring (bicyclic) bond motifs is 6. The number of benzene rings is 8. The van der Waals surface area contributed by atoms with Crippen molar-refractivity contribution in [3.8, 4) is 33.4 Å². The second-order valence-corrected chi connectivity index (χ2v) is 22.0. The molecule has 0 saturated carbocycles. The summed E-state index contributed by atoms with van der Waals surface area (Å²) in [6.07, 6.45) is 4.74. The van der Waals surface area contributed by atoms with Crippen LogP contribution in [0.15, 0.2) is 164 Å². The molecule has 8 aromatic rings. The predicted molar refractivity (Wildman–Crippen MR) is 282 cm³/mol. The molecular weight excluding hydrogens is 784 g/mol. The monoisotopic (exact) mass is 844 g/mol. The lowest BCUT2D eigenvalue weighted by Gasteiger charge is -2.45. The SMILES string of the molecule is CC1(C)CCC(C)(C)c2cc(N3c4cc5c(cc4Bc4c(-c6cc(-c7ccccc7)ccc6Nc6ccc(-c7ccccc7)cc6)cc6ccccc6c43)C(C)(C)CCC5(C)C)ccc21. The first-order valence-corrected chi connectivity index (χ1v) is 24.0. The molecule has 1 aliphatic heterocycles. The third-order valence-corrected chi connectivity index (χ3v) is 15.8. The Morgan fingerprint density at radius 1 is 0.446 bits per heavy atom. The minimum absolute atomic E-state index is 0.0752. The molecule has 0 spiro atoms. The van der Waals surface area contributed by atoms with Gasteiger partial charge in [0.1, 0.15) is 0 Å². The molecule has 0 bridgehead atoms. The van der Waals surface area contributed by atoms with Crippen LogP contribution in [0.4, 0.5) is 28.4 Å². The Hall–Kier alpha value is -6.32. The highest BCUT2D eigenvalue weighted by Crippen LogP contribution is 2.52. The zero-order chi connectivity index (χ0) is 44.9. The molecule has 65 heavy (non-hydrogen) atoms. The van der Waals surface area contributed by atoms with Crippen LogP contribution >= 0.6 is 0 Å². The molecule has 0 radical (unpaired) electrons. The van der Waals surface area contributed by atoms with Crippen molar-refractivity contribution in [2.45, 2.75) is 103 Å². The number of nitrogens with one attached hydrogen (secondary N) is 1. The Balaban J connectivity index is 1.18. The molecular formula is C62H61BN2. The van der Waals surface area contributed by atoms with E-state index in [0.717, 1.165) is 18.7 Å². The molecule has 0 atom stereocenters. The molecule has 0 amide bonds. The van der Waals surface area contributed by atoms with Gasteiger partial charge in [0, 0.05) is 39.4 Å². The lowest BCUT2D eigenvalue weighted by atomic mass is 9.54. The third kappa shape index (κ3) is 7.10. The van der Waals surface area contributed by atoms with Crippen molar-refractivity contribution in [1.29, 1.82) is 0 Å². The van der Waals surface area contributed by atoms with E-state index in [1.165, 1.54) is 120 Å². The summed E-state index contributed by atoms with van der Waals surface area (Å²) >= 11 is 0. The topological polar surface area (TPSA) is 15.3 Å². The maximum atomic E-state index is 3.94. The van der Waals surface area contributed by atoms with Gasteiger partial charge >= 0.3 is 0 Å². The van der Waals surface area contributed by atoms with Crippen molar-refractivity contribution in [2.24, 2.45) is 0 Å². The lowest BCUT2D eigenvalue weighted by Crippen LogP contribution is -2.44. The molecule has 2 aliphatic carbocycles. The van der Waals surface area contributed by atoms with E-state index in [1.807, 2.05) is 0 Å². The smallest absolute Gasteiger partial charge is 0.198 e. The van der Waals surface area contributed by atoms with Crippen molar-refractivity contribution < 1.29 is 0 Å². The first kappa shape index (κ1) is 41.4. The van der Waals surface area contributed by atoms with Crippen LogP contribution in [0.5, 0.6) is 0 Å². The highest BCUT2D eigenvalue weighted by molar-refractivity contribution is 6.74. The van der Waals surface area contributed by atoms with Crippen molar-refractivity contribution in [3.63, 3.8) is 0 Å². The minimum atomic E-state index is 0.0752. The van der Waals surface area contributed by atoms with Gasteiger partial charge in [0.15, 0.2) is 7.28 Å². The third-order valence-electron chi connectivity index (χ3n) is 15.8. The maximum absolute atomic E-state index is 3.94. The standard InChI is InChI=1S/C62H61BN2/c1-59(2)31-32-60(3,4)51-37-46(28-29-50(51)59)65-56-39-53-52(61(5,6)33-34-62(53,7)8)38-54(56)63-57-49(36-44-21-15-16-22-47(44)58(57)65)48-35-43(41-19-13-10-14-20-41)25-30-55(48)64-45-26-23-42(24-27-45)40-17-11-9-12-18-40/h9-30,35-39,63-64H,31-34H2,1-8H3. The van der Waals surface area contributed by atoms with E-state index in [9.17, 15) is 0 Å². The summed E-state index contributed by atoms with van der Waals surface area (Å²) < 4.78 is 0. The second kappa shape index (κ2) is 15.1. The first-order valence-electron chi connectivity index (χ1n) is 24.0. The zero-order valence-electron chi connectivity index (χ0n) is 39.6. The number of hydrogen-bond donors (Lipinski definition) is 1. The highest BCUT2D eigenvalue weighted by Gasteiger charge is 2.41. The van der Waals surface area contributed by atoms with E-state index in [0.29, 0.717) is 0 Å². The summed E-state index contributed by atoms with van der Waals surface area (Å²) in [6.45, 7) is 19.7. The van der Waals surface area contributed by atoms with Gasteiger partial charge in [-0.2, -0.15) is 0 Å². The molecule has 3 heteroatoms. The molecule has 8 aromatic carbocycles. The fourth-order valence-electron chi connectivity index (χ4n) is 11.6. The van der Waals surface area contributed by atoms with Crippen LogP contribution in [-0.2, 0) is 21.7 Å². The number of hydrogen-bond acceptors (Lipinski definition) is 2. The molecule has 1 N–H and O–H groups in total. The van der Waals surface area contributed by atoms with E-state index < -0.39 is 0 Å². The average molecular weight is 845 g/mol. The van der Waals surface area contributed by atoms with Crippen molar-refractivity contribution in [3.05, 3.63) is 186 Å². The molecule has 322 valence electrons. The van der Waals surface area contributed by atoms with Gasteiger partial charge in [0.25, 0.3) is 0 Å². The maximum Gasteiger partial charge on any atom is 0.198 e. The predicted octanol–water partition coefficient (Wildman–Crippen LogP) is 15.5. The molecule has 2 nitrogen and oxygen atoms in total. The summed E-state index contributed by atoms with van der Waals surface area (Å²) in [5.41, 5.74) is 22.5. The fraction of sp³-hybridized carbons (Fsp3) is 0.258. The van der Waals surface area contributed by atoms with Crippen LogP contribution < -0.4 is 21.1 Å². The van der Waals surface area contributed by atoms with E-state index in [1.54, 1.807) is 0 Å². The summed E-state index contributed by atoms with van der Waals surface area (Å²) in [7, 11) is 0.843. The van der Waals surface area contributed by atoms with E-state index >= 15 is 0 Å². The Bertz CT molecular complexity index is 3140. The van der Waals surface area contributed by atoms with E-state index in [4.69, 9.17) is 0 Å². The summed E-state index contributed by atoms with van der Waals surface area (Å²) in [5, 5.41) is 6.48. The van der Waals surface area contributed by atoms with Gasteiger partial charge in [-0.1, -0.05) is 176 Å². The average Bonchev–Trinajstić information content (AvgIpc) is 3.31. The Morgan fingerprint density at radius 2 is 0.985 bits per heavy atom. The summed E-state index contributed by atoms with van der Waals surface area (Å²) in [6, 6.07) is 61.7. The van der Waals surface area contributed by atoms with Crippen LogP contribution in [0.3, 0.4) is 0 Å². The summed E-state index contributed by atoms with van der Waals surface area (Å²) in [4.78, 5) is 2.69. The largest absolute Gasteiger partial charge is 0.355 e. The first-order chi connectivity index (χ1) is 31.2. The zero-order valence-corrected chi connectivity index (χ0v) is 39.6. The van der Waals surface area contributed by atoms with Gasteiger partial charge in [0.05, 0.1) is 0 Å². The Kier molecular flexibility index (Phi) is 9.63. The van der Waals surface area contributed by atoms with E-state index in [2.05, 4.69) is 229 Å². The molecule has 0 unspecified atom stereocenters. The van der Waals surface area contributed by atoms with Crippen LogP contribution in [0.1, 0.15) is 103 Å². The van der Waals surface area contributed by atoms with Gasteiger partial charge in [0.2, 0.25) is 0 Å². The Morgan fingerprint density at radius 3 is 1.65 bits per heavy atom. The van der Waals surface area contributed by atoms with Crippen molar-refractivity contribution in [1.82, 2.24) is 0 Å². The number of anilines is 5. The molecule has 0 aromatic heterocycles. The lowest BCUT2D eigenvalue weighted by molar-refractivity contribution is 0.332. The molecule has 3 aliphatic rings. The van der Waals surface area contributed by atoms with Gasteiger partial charge < -0.3 is 10.2 Å². The Labute approximate surface area is 388 Å². The molecule has 11 rings (SSSR count). The van der Waals surface area contributed by atoms with Crippen molar-refractivity contribution >= 4 is 57.4 Å². The number of rotatable bonds is 6. The normalized spacial score (nSPS) is 17.3. The quantitative estimate of drug-likeness (QED) is 0.168. The second-order valence-electron chi connectivity index (χ2n) is 22.0. The molecule has 0 saturated heterocycles. The minimum Gasteiger partial charge on any atom is -0.355 e. The fourth-order valence-corrected chi connectivity index (χ4v) is 11.6. The van der Waals surface area contributed by atoms with Gasteiger partial charge in [-0.3, -0.25) is 0 Å². The van der Waals surface area contributed by atoms with Gasteiger partial charge in [-0.15, -0.1) is 0 Å². The number of nitrogens with zero attached hydrogens (tertiary/aromatic N) is 1. The van der Waals surface area contributed by atoms with Crippen molar-refractivity contribution in [2.75, 3.05) is 10.2 Å². The highest BCUT2D eigenvalue weighted by atomic mass is 15.2. The summed E-state index contributed by atoms with van der Waals surface area (Å²) in [5.74, 6) is 0. The van der Waals surface area contributed by atoms with Crippen LogP contribution in [0.2, 0.25) is 0 Å². The molecule has 0 fully saturated rings. The van der Waals surface area contributed by atoms with Crippen LogP contribution in [-0.4, -0.2) is 7.28 Å².